The maximum Gasteiger partial charge on any atom is 0.187 e. The van der Waals surface area contributed by atoms with E-state index in [1.165, 1.54) is 0 Å². The number of hydrogen-bond acceptors (Lipinski definition) is 34. The van der Waals surface area contributed by atoms with E-state index in [9.17, 15) is 102 Å². The summed E-state index contributed by atoms with van der Waals surface area (Å²) in [6.45, 7) is -5.87. The lowest BCUT2D eigenvalue weighted by molar-refractivity contribution is -0.405. The van der Waals surface area contributed by atoms with Crippen molar-refractivity contribution in [3.63, 3.8) is 0 Å². The van der Waals surface area contributed by atoms with Crippen LogP contribution in [0.25, 0.3) is 0 Å². The van der Waals surface area contributed by atoms with E-state index in [0.717, 1.165) is 6.92 Å². The second-order valence-electron chi connectivity index (χ2n) is 19.8. The Labute approximate surface area is 429 Å². The van der Waals surface area contributed by atoms with Gasteiger partial charge >= 0.3 is 0 Å². The lowest BCUT2D eigenvalue weighted by Crippen LogP contribution is -2.71. The third-order valence-corrected chi connectivity index (χ3v) is 14.8. The Balaban J connectivity index is 1.07. The molecule has 34 nitrogen and oxygen atoms in total. The fourth-order valence-electron chi connectivity index (χ4n) is 10.4. The number of aliphatic hydroxyl groups is 20. The van der Waals surface area contributed by atoms with E-state index in [-0.39, 0.29) is 0 Å². The largest absolute Gasteiger partial charge is 0.394 e. The first kappa shape index (κ1) is 60.7. The first-order valence-electron chi connectivity index (χ1n) is 24.4. The van der Waals surface area contributed by atoms with Crippen molar-refractivity contribution in [2.24, 2.45) is 0 Å². The van der Waals surface area contributed by atoms with Crippen molar-refractivity contribution in [2.75, 3.05) is 46.2 Å². The van der Waals surface area contributed by atoms with Crippen molar-refractivity contribution in [3.8, 4) is 0 Å². The van der Waals surface area contributed by atoms with Crippen LogP contribution in [-0.4, -0.2) is 357 Å². The average Bonchev–Trinajstić information content (AvgIpc) is 3.40. The Hall–Kier alpha value is -1.36. The Morgan fingerprint density at radius 2 is 0.566 bits per heavy atom. The normalized spacial score (nSPS) is 55.9. The number of aliphatic hydroxyl groups excluding tert-OH is 19. The van der Waals surface area contributed by atoms with Gasteiger partial charge in [-0.1, -0.05) is 0 Å². The van der Waals surface area contributed by atoms with Crippen molar-refractivity contribution >= 4 is 0 Å². The van der Waals surface area contributed by atoms with Crippen LogP contribution in [0.5, 0.6) is 0 Å². The number of rotatable bonds is 6. The molecule has 21 saturated heterocycles. The molecule has 0 amide bonds. The monoisotopic (exact) mass is 1120 g/mol. The maximum atomic E-state index is 11.8. The second-order valence-corrected chi connectivity index (χ2v) is 19.8. The second kappa shape index (κ2) is 25.0. The molecule has 21 fully saturated rings. The zero-order chi connectivity index (χ0) is 55.4. The van der Waals surface area contributed by atoms with Crippen molar-refractivity contribution < 1.29 is 168 Å². The molecule has 0 aliphatic carbocycles. The van der Waals surface area contributed by atoms with Gasteiger partial charge in [0.1, 0.15) is 164 Å². The molecule has 13 unspecified atom stereocenters. The van der Waals surface area contributed by atoms with Crippen molar-refractivity contribution in [3.05, 3.63) is 0 Å². The molecule has 0 aromatic heterocycles. The molecule has 0 radical (unpaired) electrons. The molecule has 21 heterocycles. The predicted octanol–water partition coefficient (Wildman–Crippen LogP) is -14.2. The van der Waals surface area contributed by atoms with Crippen LogP contribution in [0.1, 0.15) is 6.92 Å². The minimum absolute atomic E-state index is 0.693. The fraction of sp³-hybridized carbons (Fsp3) is 1.00. The summed E-state index contributed by atoms with van der Waals surface area (Å²) in [5, 5.41) is 220. The van der Waals surface area contributed by atoms with Crippen LogP contribution < -0.4 is 0 Å². The van der Waals surface area contributed by atoms with Gasteiger partial charge in [0.05, 0.1) is 46.2 Å². The molecule has 0 saturated carbocycles. The summed E-state index contributed by atoms with van der Waals surface area (Å²) in [4.78, 5) is 0. The van der Waals surface area contributed by atoms with E-state index in [0.29, 0.717) is 0 Å². The van der Waals surface area contributed by atoms with Crippen molar-refractivity contribution in [1.82, 2.24) is 0 Å². The van der Waals surface area contributed by atoms with Gasteiger partial charge in [-0.3, -0.25) is 0 Å². The zero-order valence-electron chi connectivity index (χ0n) is 40.2. The first-order valence-corrected chi connectivity index (χ1v) is 24.4. The molecule has 0 spiro atoms. The summed E-state index contributed by atoms with van der Waals surface area (Å²) in [5.74, 6) is 0. The Bertz CT molecular complexity index is 1820. The molecule has 0 aromatic rings. The van der Waals surface area contributed by atoms with Gasteiger partial charge in [0.2, 0.25) is 0 Å². The number of hydrogen-bond donors (Lipinski definition) is 20. The van der Waals surface area contributed by atoms with Crippen LogP contribution in [-0.2, 0) is 66.3 Å². The van der Waals surface area contributed by atoms with Gasteiger partial charge in [-0.15, -0.1) is 0 Å². The van der Waals surface area contributed by atoms with Gasteiger partial charge < -0.3 is 168 Å². The van der Waals surface area contributed by atoms with Gasteiger partial charge in [-0.25, -0.2) is 0 Å². The van der Waals surface area contributed by atoms with E-state index in [2.05, 4.69) is 0 Å². The summed E-state index contributed by atoms with van der Waals surface area (Å²) >= 11 is 0. The quantitative estimate of drug-likeness (QED) is 0.117. The standard InChI is InChI=1S/C42H70O34/c1-42(62)33(61)41-69-14(7-48)34(42)76-40-27(60)21(54)31(12(5-46)68-40)74-38-25(58)19(52)30(11(4-45)66-38)73-37-24(57)18(51)28(9(2-43)65-37)71-35-22(55)16(49)15(8-63-35)70-36-23(56)17(50)29(10(3-44)64-36)72-39-26(59)20(53)32(75-41)13(6-47)67-39/h9-41,43-62H,2-8H2,1H3/t9?,10?,11?,12?,13?,14?,15-,16-,17+,18+,19+,20+,21+,22?,23?,24?,25?,26?,27?,28-,29-,30-,31-,32-,33?,34-,35-,36-,37-,38-,39-,40-,41-,42+/m0/s1. The predicted molar refractivity (Wildman–Crippen MR) is 227 cm³/mol. The lowest BCUT2D eigenvalue weighted by Gasteiger charge is -2.52. The van der Waals surface area contributed by atoms with E-state index >= 15 is 0 Å². The van der Waals surface area contributed by atoms with E-state index in [4.69, 9.17) is 66.3 Å². The van der Waals surface area contributed by atoms with E-state index in [1.807, 2.05) is 0 Å². The first-order chi connectivity index (χ1) is 36.0. The minimum Gasteiger partial charge on any atom is -0.394 e. The highest BCUT2D eigenvalue weighted by molar-refractivity contribution is 5.04. The summed E-state index contributed by atoms with van der Waals surface area (Å²) in [7, 11) is 0. The van der Waals surface area contributed by atoms with Crippen LogP contribution in [0, 0.1) is 0 Å². The molecule has 14 bridgehead atoms. The highest BCUT2D eigenvalue weighted by Gasteiger charge is 2.61. The van der Waals surface area contributed by atoms with Gasteiger partial charge in [-0.05, 0) is 6.92 Å². The summed E-state index contributed by atoms with van der Waals surface area (Å²) < 4.78 is 79.7. The molecule has 34 heteroatoms. The van der Waals surface area contributed by atoms with E-state index in [1.54, 1.807) is 0 Å². The van der Waals surface area contributed by atoms with Crippen LogP contribution >= 0.6 is 0 Å². The molecule has 20 N–H and O–H groups in total. The van der Waals surface area contributed by atoms with Crippen LogP contribution in [0.2, 0.25) is 0 Å². The molecule has 0 aromatic carbocycles. The molecule has 76 heavy (non-hydrogen) atoms. The molecular weight excluding hydrogens is 1050 g/mol. The SMILES string of the molecule is C[C@@]1(O)C(O)[C@H]2OC(CO)[C@@H]1O[C@@H]1OC(CO)[C@H](O[C@@H]3OC(CO)[C@H](O[C@@H]4OC(CO)[C@H](O[C@@H]5OC[C@H](O[C@@H]6OC(CO)[C@H](O[C@@H]7OC(CO)[C@H](O2)[C@H](O)C7O)[C@H](O)C6O)[C@H](O)C5O)[C@H](O)C4O)[C@H](O)C3O)[C@H](O)C1O. The molecule has 21 aliphatic heterocycles. The van der Waals surface area contributed by atoms with Gasteiger partial charge in [0, 0.05) is 0 Å². The Morgan fingerprint density at radius 1 is 0.303 bits per heavy atom. The minimum atomic E-state index is -2.61. The topological polar surface area (TPSA) is 534 Å². The van der Waals surface area contributed by atoms with E-state index < -0.39 is 255 Å². The summed E-state index contributed by atoms with van der Waals surface area (Å²) in [6, 6.07) is 0. The fourth-order valence-corrected chi connectivity index (χ4v) is 10.4. The molecule has 21 aliphatic rings. The highest BCUT2D eigenvalue weighted by Crippen LogP contribution is 2.40. The molecule has 442 valence electrons. The summed E-state index contributed by atoms with van der Waals surface area (Å²) in [6.07, 6.45) is -64.8. The molecule has 34 atom stereocenters. The smallest absolute Gasteiger partial charge is 0.187 e. The zero-order valence-corrected chi connectivity index (χ0v) is 40.2. The molecular formula is C42H70O34. The molecule has 21 rings (SSSR count). The highest BCUT2D eigenvalue weighted by atomic mass is 16.8. The number of ether oxygens (including phenoxy) is 14. The maximum absolute atomic E-state index is 11.8. The Morgan fingerprint density at radius 3 is 0.895 bits per heavy atom. The third kappa shape index (κ3) is 11.6. The van der Waals surface area contributed by atoms with Crippen molar-refractivity contribution in [2.45, 2.75) is 215 Å². The van der Waals surface area contributed by atoms with Crippen LogP contribution in [0.15, 0.2) is 0 Å². The van der Waals surface area contributed by atoms with Gasteiger partial charge in [0.25, 0.3) is 0 Å². The van der Waals surface area contributed by atoms with Gasteiger partial charge in [0.15, 0.2) is 44.0 Å². The van der Waals surface area contributed by atoms with Crippen LogP contribution in [0.3, 0.4) is 0 Å². The third-order valence-electron chi connectivity index (χ3n) is 14.8. The lowest BCUT2D eigenvalue weighted by atomic mass is 9.85. The summed E-state index contributed by atoms with van der Waals surface area (Å²) in [5.41, 5.74) is -2.61. The van der Waals surface area contributed by atoms with Crippen LogP contribution in [0.4, 0.5) is 0 Å². The Kier molecular flexibility index (Phi) is 20.0. The van der Waals surface area contributed by atoms with Gasteiger partial charge in [-0.2, -0.15) is 0 Å². The van der Waals surface area contributed by atoms with Crippen molar-refractivity contribution in [1.29, 1.82) is 0 Å². The average molecular weight is 1120 g/mol.